The quantitative estimate of drug-likeness (QED) is 0.390. The summed E-state index contributed by atoms with van der Waals surface area (Å²) in [5.41, 5.74) is 1.96. The summed E-state index contributed by atoms with van der Waals surface area (Å²) >= 11 is 0. The van der Waals surface area contributed by atoms with E-state index in [0.29, 0.717) is 24.5 Å². The number of imidazole rings is 1. The molecule has 4 rings (SSSR count). The molecule has 1 heterocycles. The molecule has 6 nitrogen and oxygen atoms in total. The first-order valence-electron chi connectivity index (χ1n) is 12.0. The van der Waals surface area contributed by atoms with E-state index in [1.54, 1.807) is 19.4 Å². The molecule has 1 aromatic heterocycles. The van der Waals surface area contributed by atoms with Crippen molar-refractivity contribution >= 4 is 24.4 Å². The molecule has 7 heteroatoms. The third kappa shape index (κ3) is 7.36. The third-order valence-electron chi connectivity index (χ3n) is 6.31. The molecular formula is C28H34ClN3O3. The maximum atomic E-state index is 12.3. The maximum absolute atomic E-state index is 12.3. The molecule has 186 valence electrons. The summed E-state index contributed by atoms with van der Waals surface area (Å²) < 4.78 is 13.6. The van der Waals surface area contributed by atoms with E-state index in [1.165, 1.54) is 12.8 Å². The van der Waals surface area contributed by atoms with Crippen molar-refractivity contribution in [2.45, 2.75) is 45.1 Å². The summed E-state index contributed by atoms with van der Waals surface area (Å²) in [4.78, 5) is 16.8. The molecule has 0 aliphatic heterocycles. The minimum atomic E-state index is -0.0484. The summed E-state index contributed by atoms with van der Waals surface area (Å²) in [5, 5.41) is 3.12. The van der Waals surface area contributed by atoms with E-state index in [0.717, 1.165) is 35.8 Å². The van der Waals surface area contributed by atoms with Gasteiger partial charge in [0.25, 0.3) is 0 Å². The van der Waals surface area contributed by atoms with Crippen molar-refractivity contribution in [1.82, 2.24) is 14.9 Å². The van der Waals surface area contributed by atoms with Crippen LogP contribution in [0.25, 0.3) is 11.8 Å². The SMILES string of the molecule is COc1cc(/C=C/C(=O)NC2CCC(C)CC2)ccc1OCCc1nccn1-c1ccccc1.Cl. The van der Waals surface area contributed by atoms with Crippen molar-refractivity contribution in [1.29, 1.82) is 0 Å². The predicted molar refractivity (Wildman–Crippen MR) is 142 cm³/mol. The Kier molecular flexibility index (Phi) is 9.79. The minimum absolute atomic E-state index is 0. The van der Waals surface area contributed by atoms with Gasteiger partial charge in [0, 0.05) is 36.6 Å². The van der Waals surface area contributed by atoms with Crippen LogP contribution in [0.2, 0.25) is 0 Å². The standard InChI is InChI=1S/C28H33N3O3.ClH/c1-21-8-12-23(13-9-21)30-28(32)15-11-22-10-14-25(26(20-22)33-2)34-19-16-27-29-17-18-31(27)24-6-4-3-5-7-24;/h3-7,10-11,14-15,17-18,20-21,23H,8-9,12-13,16,19H2,1-2H3,(H,30,32);1H/b15-11+;. The largest absolute Gasteiger partial charge is 0.493 e. The van der Waals surface area contributed by atoms with Gasteiger partial charge in [-0.25, -0.2) is 4.98 Å². The Morgan fingerprint density at radius 1 is 1.11 bits per heavy atom. The van der Waals surface area contributed by atoms with E-state index < -0.39 is 0 Å². The van der Waals surface area contributed by atoms with Crippen LogP contribution in [0.5, 0.6) is 11.5 Å². The second kappa shape index (κ2) is 13.0. The number of rotatable bonds is 9. The van der Waals surface area contributed by atoms with Crippen molar-refractivity contribution in [2.24, 2.45) is 5.92 Å². The highest BCUT2D eigenvalue weighted by molar-refractivity contribution is 5.92. The van der Waals surface area contributed by atoms with Gasteiger partial charge < -0.3 is 19.4 Å². The molecule has 1 N–H and O–H groups in total. The number of methoxy groups -OCH3 is 1. The first kappa shape index (κ1) is 26.4. The number of nitrogens with one attached hydrogen (secondary N) is 1. The van der Waals surface area contributed by atoms with Crippen LogP contribution in [-0.2, 0) is 11.2 Å². The van der Waals surface area contributed by atoms with Gasteiger partial charge in [0.15, 0.2) is 11.5 Å². The van der Waals surface area contributed by atoms with Gasteiger partial charge >= 0.3 is 0 Å². The molecule has 0 unspecified atom stereocenters. The number of aromatic nitrogens is 2. The molecule has 2 aromatic carbocycles. The Labute approximate surface area is 213 Å². The number of hydrogen-bond donors (Lipinski definition) is 1. The van der Waals surface area contributed by atoms with Gasteiger partial charge in [0.05, 0.1) is 13.7 Å². The molecule has 1 aliphatic carbocycles. The van der Waals surface area contributed by atoms with Gasteiger partial charge in [-0.15, -0.1) is 12.4 Å². The van der Waals surface area contributed by atoms with E-state index in [4.69, 9.17) is 9.47 Å². The normalized spacial score (nSPS) is 17.5. The average Bonchev–Trinajstić information content (AvgIpc) is 3.34. The summed E-state index contributed by atoms with van der Waals surface area (Å²) in [5.74, 6) is 2.95. The van der Waals surface area contributed by atoms with Crippen molar-refractivity contribution in [3.8, 4) is 17.2 Å². The molecule has 1 amide bonds. The lowest BCUT2D eigenvalue weighted by Gasteiger charge is -2.26. The molecule has 0 saturated heterocycles. The van der Waals surface area contributed by atoms with E-state index in [2.05, 4.69) is 33.9 Å². The minimum Gasteiger partial charge on any atom is -0.493 e. The molecule has 0 atom stereocenters. The van der Waals surface area contributed by atoms with Crippen LogP contribution in [-0.4, -0.2) is 35.2 Å². The molecule has 1 fully saturated rings. The zero-order valence-corrected chi connectivity index (χ0v) is 21.2. The van der Waals surface area contributed by atoms with Crippen LogP contribution in [0, 0.1) is 5.92 Å². The second-order valence-electron chi connectivity index (χ2n) is 8.86. The van der Waals surface area contributed by atoms with Crippen LogP contribution >= 0.6 is 12.4 Å². The molecule has 1 saturated carbocycles. The highest BCUT2D eigenvalue weighted by Gasteiger charge is 2.18. The van der Waals surface area contributed by atoms with Crippen molar-refractivity contribution < 1.29 is 14.3 Å². The number of benzene rings is 2. The highest BCUT2D eigenvalue weighted by atomic mass is 35.5. The fourth-order valence-corrected chi connectivity index (χ4v) is 4.33. The van der Waals surface area contributed by atoms with E-state index in [1.807, 2.05) is 48.7 Å². The topological polar surface area (TPSA) is 65.4 Å². The summed E-state index contributed by atoms with van der Waals surface area (Å²) in [7, 11) is 1.62. The third-order valence-corrected chi connectivity index (χ3v) is 6.31. The predicted octanol–water partition coefficient (Wildman–Crippen LogP) is 5.63. The Morgan fingerprint density at radius 3 is 2.63 bits per heavy atom. The second-order valence-corrected chi connectivity index (χ2v) is 8.86. The van der Waals surface area contributed by atoms with Gasteiger partial charge in [-0.3, -0.25) is 4.79 Å². The van der Waals surface area contributed by atoms with Crippen LogP contribution in [0.15, 0.2) is 67.0 Å². The summed E-state index contributed by atoms with van der Waals surface area (Å²) in [6.07, 6.45) is 12.3. The molecule has 3 aromatic rings. The monoisotopic (exact) mass is 495 g/mol. The molecule has 0 spiro atoms. The Balaban J connectivity index is 0.00000342. The van der Waals surface area contributed by atoms with E-state index in [9.17, 15) is 4.79 Å². The van der Waals surface area contributed by atoms with Crippen molar-refractivity contribution in [2.75, 3.05) is 13.7 Å². The molecule has 0 bridgehead atoms. The van der Waals surface area contributed by atoms with E-state index >= 15 is 0 Å². The van der Waals surface area contributed by atoms with Crippen LogP contribution in [0.3, 0.4) is 0 Å². The summed E-state index contributed by atoms with van der Waals surface area (Å²) in [6, 6.07) is 16.1. The number of carbonyl (C=O) groups excluding carboxylic acids is 1. The van der Waals surface area contributed by atoms with Crippen LogP contribution < -0.4 is 14.8 Å². The summed E-state index contributed by atoms with van der Waals surface area (Å²) in [6.45, 7) is 2.75. The van der Waals surface area contributed by atoms with E-state index in [-0.39, 0.29) is 24.4 Å². The maximum Gasteiger partial charge on any atom is 0.244 e. The fraction of sp³-hybridized carbons (Fsp3) is 0.357. The highest BCUT2D eigenvalue weighted by Crippen LogP contribution is 2.29. The molecule has 35 heavy (non-hydrogen) atoms. The first-order chi connectivity index (χ1) is 16.6. The Hall–Kier alpha value is -3.25. The van der Waals surface area contributed by atoms with Crippen LogP contribution in [0.1, 0.15) is 44.0 Å². The van der Waals surface area contributed by atoms with Crippen LogP contribution in [0.4, 0.5) is 0 Å². The zero-order chi connectivity index (χ0) is 23.8. The first-order valence-corrected chi connectivity index (χ1v) is 12.0. The van der Waals surface area contributed by atoms with Gasteiger partial charge in [-0.2, -0.15) is 0 Å². The molecular weight excluding hydrogens is 462 g/mol. The number of halogens is 1. The smallest absolute Gasteiger partial charge is 0.244 e. The number of carbonyl (C=O) groups is 1. The number of ether oxygens (including phenoxy) is 2. The lowest BCUT2D eigenvalue weighted by atomic mass is 9.87. The Morgan fingerprint density at radius 2 is 1.89 bits per heavy atom. The number of amides is 1. The Bertz CT molecular complexity index is 1110. The van der Waals surface area contributed by atoms with Crippen molar-refractivity contribution in [3.05, 3.63) is 78.4 Å². The number of hydrogen-bond acceptors (Lipinski definition) is 4. The lowest BCUT2D eigenvalue weighted by Crippen LogP contribution is -2.36. The lowest BCUT2D eigenvalue weighted by molar-refractivity contribution is -0.117. The number of para-hydroxylation sites is 1. The zero-order valence-electron chi connectivity index (χ0n) is 20.4. The average molecular weight is 496 g/mol. The number of nitrogens with zero attached hydrogens (tertiary/aromatic N) is 2. The fourth-order valence-electron chi connectivity index (χ4n) is 4.33. The molecule has 0 radical (unpaired) electrons. The molecule has 1 aliphatic rings. The van der Waals surface area contributed by atoms with Gasteiger partial charge in [-0.1, -0.05) is 31.2 Å². The van der Waals surface area contributed by atoms with Gasteiger partial charge in [0.2, 0.25) is 5.91 Å². The van der Waals surface area contributed by atoms with Crippen molar-refractivity contribution in [3.63, 3.8) is 0 Å². The van der Waals surface area contributed by atoms with Gasteiger partial charge in [-0.05, 0) is 67.5 Å². The van der Waals surface area contributed by atoms with Gasteiger partial charge in [0.1, 0.15) is 5.82 Å².